The van der Waals surface area contributed by atoms with E-state index in [1.165, 1.54) is 6.07 Å². The third-order valence-electron chi connectivity index (χ3n) is 1.79. The molecular weight excluding hydrogens is 352 g/mol. The van der Waals surface area contributed by atoms with Crippen LogP contribution < -0.4 is 4.74 Å². The van der Waals surface area contributed by atoms with Crippen LogP contribution in [-0.2, 0) is 0 Å². The molecule has 1 aromatic rings. The summed E-state index contributed by atoms with van der Waals surface area (Å²) in [6.45, 7) is -2.90. The van der Waals surface area contributed by atoms with Crippen LogP contribution in [0.2, 0.25) is 0 Å². The molecule has 0 bridgehead atoms. The molecule has 0 aliphatic heterocycles. The van der Waals surface area contributed by atoms with Gasteiger partial charge in [-0.15, -0.1) is 11.6 Å². The van der Waals surface area contributed by atoms with Gasteiger partial charge in [-0.25, -0.2) is 0 Å². The highest BCUT2D eigenvalue weighted by Crippen LogP contribution is 2.24. The highest BCUT2D eigenvalue weighted by molar-refractivity contribution is 14.1. The van der Waals surface area contributed by atoms with Crippen molar-refractivity contribution >= 4 is 40.0 Å². The number of hydrogen-bond donors (Lipinski definition) is 0. The van der Waals surface area contributed by atoms with E-state index in [4.69, 9.17) is 11.6 Å². The average molecular weight is 361 g/mol. The number of halogens is 4. The number of carbonyl (C=O) groups is 1. The van der Waals surface area contributed by atoms with Crippen molar-refractivity contribution in [2.75, 3.05) is 5.88 Å². The number of alkyl halides is 3. The van der Waals surface area contributed by atoms with Crippen molar-refractivity contribution in [3.63, 3.8) is 0 Å². The van der Waals surface area contributed by atoms with E-state index in [1.54, 1.807) is 12.1 Å². The maximum absolute atomic E-state index is 12.0. The molecule has 0 heterocycles. The van der Waals surface area contributed by atoms with Crippen molar-refractivity contribution in [3.05, 3.63) is 27.3 Å². The topological polar surface area (TPSA) is 26.3 Å². The lowest BCUT2D eigenvalue weighted by molar-refractivity contribution is -0.0504. The normalized spacial score (nSPS) is 10.6. The van der Waals surface area contributed by atoms with Crippen molar-refractivity contribution in [2.45, 2.75) is 13.0 Å². The molecule has 0 saturated heterocycles. The van der Waals surface area contributed by atoms with Crippen LogP contribution in [0.15, 0.2) is 18.2 Å². The number of carbonyl (C=O) groups excluding carboxylic acids is 1. The largest absolute Gasteiger partial charge is 0.434 e. The van der Waals surface area contributed by atoms with Crippen molar-refractivity contribution < 1.29 is 18.3 Å². The molecule has 0 aromatic heterocycles. The minimum Gasteiger partial charge on any atom is -0.434 e. The number of ketones is 1. The molecule has 0 saturated carbocycles. The van der Waals surface area contributed by atoms with Crippen LogP contribution in [0, 0.1) is 3.57 Å². The first-order valence-electron chi connectivity index (χ1n) is 4.38. The lowest BCUT2D eigenvalue weighted by Crippen LogP contribution is -2.06. The van der Waals surface area contributed by atoms with E-state index >= 15 is 0 Å². The minimum atomic E-state index is -2.90. The quantitative estimate of drug-likeness (QED) is 0.455. The van der Waals surface area contributed by atoms with Gasteiger partial charge in [0.15, 0.2) is 5.78 Å². The second-order valence-electron chi connectivity index (χ2n) is 2.89. The third-order valence-corrected chi connectivity index (χ3v) is 2.87. The summed E-state index contributed by atoms with van der Waals surface area (Å²) in [7, 11) is 0. The van der Waals surface area contributed by atoms with Gasteiger partial charge in [0.05, 0.1) is 3.57 Å². The molecule has 0 spiro atoms. The van der Waals surface area contributed by atoms with E-state index in [1.807, 2.05) is 22.6 Å². The van der Waals surface area contributed by atoms with Crippen molar-refractivity contribution in [2.24, 2.45) is 0 Å². The van der Waals surface area contributed by atoms with Gasteiger partial charge in [-0.1, -0.05) is 6.07 Å². The lowest BCUT2D eigenvalue weighted by Gasteiger charge is -2.08. The zero-order valence-corrected chi connectivity index (χ0v) is 11.0. The summed E-state index contributed by atoms with van der Waals surface area (Å²) in [5.41, 5.74) is 0.330. The van der Waals surface area contributed by atoms with E-state index in [-0.39, 0.29) is 23.8 Å². The first-order valence-corrected chi connectivity index (χ1v) is 5.99. The summed E-state index contributed by atoms with van der Waals surface area (Å²) in [5, 5.41) is 0. The highest BCUT2D eigenvalue weighted by Gasteiger charge is 2.12. The predicted molar refractivity (Wildman–Crippen MR) is 65.5 cm³/mol. The maximum Gasteiger partial charge on any atom is 0.387 e. The Kier molecular flexibility index (Phi) is 5.40. The molecule has 0 aliphatic rings. The summed E-state index contributed by atoms with van der Waals surface area (Å²) in [4.78, 5) is 11.5. The Bertz CT molecular complexity index is 385. The van der Waals surface area contributed by atoms with Gasteiger partial charge in [0.25, 0.3) is 0 Å². The summed E-state index contributed by atoms with van der Waals surface area (Å²) < 4.78 is 28.9. The average Bonchev–Trinajstić information content (AvgIpc) is 2.21. The molecular formula is C10H8ClF2IO2. The van der Waals surface area contributed by atoms with Crippen LogP contribution in [0.5, 0.6) is 5.75 Å². The van der Waals surface area contributed by atoms with E-state index < -0.39 is 6.61 Å². The Labute approximate surface area is 110 Å². The molecule has 0 atom stereocenters. The van der Waals surface area contributed by atoms with Crippen LogP contribution in [0.25, 0.3) is 0 Å². The Balaban J connectivity index is 2.93. The molecule has 6 heteroatoms. The fourth-order valence-corrected chi connectivity index (χ4v) is 1.73. The van der Waals surface area contributed by atoms with Crippen LogP contribution >= 0.6 is 34.2 Å². The van der Waals surface area contributed by atoms with Crippen LogP contribution in [0.3, 0.4) is 0 Å². The second kappa shape index (κ2) is 6.34. The third kappa shape index (κ3) is 3.86. The van der Waals surface area contributed by atoms with Gasteiger partial charge in [-0.05, 0) is 34.7 Å². The van der Waals surface area contributed by atoms with Gasteiger partial charge in [-0.3, -0.25) is 4.79 Å². The van der Waals surface area contributed by atoms with E-state index in [0.717, 1.165) is 0 Å². The molecule has 0 radical (unpaired) electrons. The summed E-state index contributed by atoms with van der Waals surface area (Å²) >= 11 is 7.29. The van der Waals surface area contributed by atoms with Crippen molar-refractivity contribution in [1.82, 2.24) is 0 Å². The number of ether oxygens (including phenoxy) is 1. The smallest absolute Gasteiger partial charge is 0.387 e. The Morgan fingerprint density at radius 2 is 2.19 bits per heavy atom. The predicted octanol–water partition coefficient (Wildman–Crippen LogP) is 3.70. The fourth-order valence-electron chi connectivity index (χ4n) is 1.09. The molecule has 0 N–H and O–H groups in total. The zero-order valence-electron chi connectivity index (χ0n) is 8.05. The van der Waals surface area contributed by atoms with Gasteiger partial charge < -0.3 is 4.74 Å². The van der Waals surface area contributed by atoms with E-state index in [2.05, 4.69) is 4.74 Å². The van der Waals surface area contributed by atoms with Gasteiger partial charge in [0, 0.05) is 17.9 Å². The minimum absolute atomic E-state index is 0.0102. The molecule has 0 unspecified atom stereocenters. The number of rotatable bonds is 5. The van der Waals surface area contributed by atoms with Crippen LogP contribution in [0.4, 0.5) is 8.78 Å². The second-order valence-corrected chi connectivity index (χ2v) is 4.43. The molecule has 0 aliphatic carbocycles. The van der Waals surface area contributed by atoms with Crippen LogP contribution in [-0.4, -0.2) is 18.3 Å². The number of hydrogen-bond acceptors (Lipinski definition) is 2. The summed E-state index contributed by atoms with van der Waals surface area (Å²) in [6.07, 6.45) is 0.177. The van der Waals surface area contributed by atoms with Crippen molar-refractivity contribution in [3.8, 4) is 5.75 Å². The first kappa shape index (κ1) is 13.6. The molecule has 1 aromatic carbocycles. The Hall–Kier alpha value is -0.430. The maximum atomic E-state index is 12.0. The molecule has 16 heavy (non-hydrogen) atoms. The molecule has 2 nitrogen and oxygen atoms in total. The highest BCUT2D eigenvalue weighted by atomic mass is 127. The standard InChI is InChI=1S/C10H8ClF2IO2/c11-4-3-8(15)6-1-2-7(14)9(5-6)16-10(12)13/h1-2,5,10H,3-4H2. The molecule has 0 amide bonds. The number of Topliss-reactive ketones (excluding diaryl/α,β-unsaturated/α-hetero) is 1. The molecule has 88 valence electrons. The van der Waals surface area contributed by atoms with E-state index in [0.29, 0.717) is 9.13 Å². The zero-order chi connectivity index (χ0) is 12.1. The van der Waals surface area contributed by atoms with Crippen LogP contribution in [0.1, 0.15) is 16.8 Å². The first-order chi connectivity index (χ1) is 7.54. The molecule has 1 rings (SSSR count). The Morgan fingerprint density at radius 1 is 1.50 bits per heavy atom. The van der Waals surface area contributed by atoms with Gasteiger partial charge in [0.1, 0.15) is 5.75 Å². The fraction of sp³-hybridized carbons (Fsp3) is 0.300. The van der Waals surface area contributed by atoms with Gasteiger partial charge in [-0.2, -0.15) is 8.78 Å². The summed E-state index contributed by atoms with van der Waals surface area (Å²) in [5.74, 6) is 0.0251. The SMILES string of the molecule is O=C(CCCl)c1ccc(I)c(OC(F)F)c1. The van der Waals surface area contributed by atoms with Gasteiger partial charge >= 0.3 is 6.61 Å². The van der Waals surface area contributed by atoms with Gasteiger partial charge in [0.2, 0.25) is 0 Å². The molecule has 0 fully saturated rings. The van der Waals surface area contributed by atoms with Crippen molar-refractivity contribution in [1.29, 1.82) is 0 Å². The van der Waals surface area contributed by atoms with E-state index in [9.17, 15) is 13.6 Å². The Morgan fingerprint density at radius 3 is 2.75 bits per heavy atom. The lowest BCUT2D eigenvalue weighted by atomic mass is 10.1. The number of benzene rings is 1. The summed E-state index contributed by atoms with van der Waals surface area (Å²) in [6, 6.07) is 4.43. The monoisotopic (exact) mass is 360 g/mol.